The first-order valence-electron chi connectivity index (χ1n) is 11.7. The van der Waals surface area contributed by atoms with Gasteiger partial charge in [0, 0.05) is 32.8 Å². The van der Waals surface area contributed by atoms with Crippen LogP contribution >= 0.6 is 0 Å². The monoisotopic (exact) mass is 480 g/mol. The van der Waals surface area contributed by atoms with E-state index in [9.17, 15) is 19.2 Å². The Labute approximate surface area is 198 Å². The molecule has 0 aromatic heterocycles. The predicted octanol–water partition coefficient (Wildman–Crippen LogP) is 2.53. The topological polar surface area (TPSA) is 124 Å². The van der Waals surface area contributed by atoms with Crippen LogP contribution in [-0.4, -0.2) is 54.5 Å². The third-order valence-corrected chi connectivity index (χ3v) is 6.95. The first-order valence-corrected chi connectivity index (χ1v) is 11.7. The van der Waals surface area contributed by atoms with Crippen LogP contribution in [0.25, 0.3) is 0 Å². The minimum Gasteiger partial charge on any atom is -0.459 e. The molecule has 0 unspecified atom stereocenters. The van der Waals surface area contributed by atoms with Gasteiger partial charge in [-0.05, 0) is 31.1 Å². The van der Waals surface area contributed by atoms with E-state index in [0.717, 1.165) is 12.8 Å². The van der Waals surface area contributed by atoms with Crippen LogP contribution in [0.3, 0.4) is 0 Å². The number of rotatable bonds is 5. The maximum atomic E-state index is 12.8. The first-order chi connectivity index (χ1) is 15.9. The SMILES string of the molecule is CC(=O)O[C@H]1O[C@@H]2O[C@H]3OC(=O)/C(=C\C[C@]4(OC(C)=O)CCCC(C)(C)C4)[C@H]3[C@H]2[C@@H]1OC(C)=O. The summed E-state index contributed by atoms with van der Waals surface area (Å²) in [5.41, 5.74) is -0.375. The maximum Gasteiger partial charge on any atom is 0.336 e. The molecule has 10 nitrogen and oxygen atoms in total. The van der Waals surface area contributed by atoms with Crippen LogP contribution in [0.5, 0.6) is 0 Å². The van der Waals surface area contributed by atoms with Gasteiger partial charge in [0.1, 0.15) is 5.60 Å². The van der Waals surface area contributed by atoms with Gasteiger partial charge in [-0.1, -0.05) is 19.9 Å². The molecule has 0 aromatic carbocycles. The first kappa shape index (κ1) is 24.7. The normalized spacial score (nSPS) is 39.2. The molecule has 3 saturated heterocycles. The molecule has 0 N–H and O–H groups in total. The predicted molar refractivity (Wildman–Crippen MR) is 113 cm³/mol. The van der Waals surface area contributed by atoms with Crippen LogP contribution in [0.1, 0.15) is 66.7 Å². The molecule has 0 aromatic rings. The Hall–Kier alpha value is -2.46. The molecule has 0 bridgehead atoms. The van der Waals surface area contributed by atoms with Crippen molar-refractivity contribution >= 4 is 23.9 Å². The lowest BCUT2D eigenvalue weighted by Gasteiger charge is -2.44. The molecule has 1 aliphatic carbocycles. The summed E-state index contributed by atoms with van der Waals surface area (Å²) in [6.07, 6.45) is 1.49. The molecular weight excluding hydrogens is 448 g/mol. The van der Waals surface area contributed by atoms with Crippen LogP contribution in [0.4, 0.5) is 0 Å². The highest BCUT2D eigenvalue weighted by Gasteiger charge is 2.64. The molecule has 4 rings (SSSR count). The number of carbonyl (C=O) groups is 4. The molecule has 3 heterocycles. The minimum atomic E-state index is -1.15. The Morgan fingerprint density at radius 3 is 2.32 bits per heavy atom. The molecule has 3 aliphatic heterocycles. The van der Waals surface area contributed by atoms with Crippen molar-refractivity contribution in [3.05, 3.63) is 11.6 Å². The summed E-state index contributed by atoms with van der Waals surface area (Å²) in [5.74, 6) is -3.29. The second kappa shape index (κ2) is 8.96. The van der Waals surface area contributed by atoms with Crippen molar-refractivity contribution in [1.29, 1.82) is 0 Å². The molecule has 7 atom stereocenters. The Bertz CT molecular complexity index is 907. The fourth-order valence-electron chi connectivity index (χ4n) is 5.94. The van der Waals surface area contributed by atoms with Crippen molar-refractivity contribution in [3.63, 3.8) is 0 Å². The van der Waals surface area contributed by atoms with Crippen molar-refractivity contribution in [3.8, 4) is 0 Å². The Morgan fingerprint density at radius 2 is 1.71 bits per heavy atom. The Kier molecular flexibility index (Phi) is 6.50. The van der Waals surface area contributed by atoms with E-state index in [4.69, 9.17) is 28.4 Å². The van der Waals surface area contributed by atoms with Crippen molar-refractivity contribution in [2.24, 2.45) is 17.3 Å². The summed E-state index contributed by atoms with van der Waals surface area (Å²) in [6.45, 7) is 8.13. The maximum absolute atomic E-state index is 12.8. The highest BCUT2D eigenvalue weighted by Crippen LogP contribution is 2.52. The summed E-state index contributed by atoms with van der Waals surface area (Å²) in [6, 6.07) is 0. The average Bonchev–Trinajstić information content (AvgIpc) is 3.26. The third kappa shape index (κ3) is 4.84. The third-order valence-electron chi connectivity index (χ3n) is 6.95. The van der Waals surface area contributed by atoms with Crippen molar-refractivity contribution in [2.45, 2.75) is 97.3 Å². The quantitative estimate of drug-likeness (QED) is 0.329. The lowest BCUT2D eigenvalue weighted by Crippen LogP contribution is -2.42. The molecule has 4 fully saturated rings. The lowest BCUT2D eigenvalue weighted by molar-refractivity contribution is -0.244. The largest absolute Gasteiger partial charge is 0.459 e. The van der Waals surface area contributed by atoms with Gasteiger partial charge in [-0.2, -0.15) is 0 Å². The van der Waals surface area contributed by atoms with E-state index in [-0.39, 0.29) is 11.4 Å². The van der Waals surface area contributed by atoms with E-state index in [1.165, 1.54) is 20.8 Å². The van der Waals surface area contributed by atoms with Crippen LogP contribution in [-0.2, 0) is 47.6 Å². The smallest absolute Gasteiger partial charge is 0.336 e. The molecule has 0 spiro atoms. The fourth-order valence-corrected chi connectivity index (χ4v) is 5.94. The van der Waals surface area contributed by atoms with Crippen molar-refractivity contribution < 1.29 is 47.6 Å². The number of ether oxygens (including phenoxy) is 6. The fraction of sp³-hybridized carbons (Fsp3) is 0.750. The molecule has 10 heteroatoms. The van der Waals surface area contributed by atoms with Gasteiger partial charge in [-0.15, -0.1) is 0 Å². The number of hydrogen-bond acceptors (Lipinski definition) is 10. The Morgan fingerprint density at radius 1 is 1.00 bits per heavy atom. The highest BCUT2D eigenvalue weighted by atomic mass is 16.8. The molecule has 0 amide bonds. The Balaban J connectivity index is 1.62. The van der Waals surface area contributed by atoms with E-state index in [1.807, 2.05) is 0 Å². The average molecular weight is 481 g/mol. The second-order valence-corrected chi connectivity index (χ2v) is 10.4. The van der Waals surface area contributed by atoms with E-state index >= 15 is 0 Å². The summed E-state index contributed by atoms with van der Waals surface area (Å²) < 4.78 is 33.4. The zero-order valence-corrected chi connectivity index (χ0v) is 20.2. The summed E-state index contributed by atoms with van der Waals surface area (Å²) in [7, 11) is 0. The van der Waals surface area contributed by atoms with Crippen LogP contribution in [0.2, 0.25) is 0 Å². The van der Waals surface area contributed by atoms with Crippen LogP contribution in [0.15, 0.2) is 11.6 Å². The van der Waals surface area contributed by atoms with Crippen molar-refractivity contribution in [2.75, 3.05) is 0 Å². The van der Waals surface area contributed by atoms with Gasteiger partial charge in [0.05, 0.1) is 11.8 Å². The summed E-state index contributed by atoms with van der Waals surface area (Å²) in [5, 5.41) is 0. The van der Waals surface area contributed by atoms with Crippen molar-refractivity contribution in [1.82, 2.24) is 0 Å². The second-order valence-electron chi connectivity index (χ2n) is 10.4. The van der Waals surface area contributed by atoms with Gasteiger partial charge in [-0.25, -0.2) is 4.79 Å². The van der Waals surface area contributed by atoms with Gasteiger partial charge < -0.3 is 28.4 Å². The van der Waals surface area contributed by atoms with E-state index in [0.29, 0.717) is 24.8 Å². The van der Waals surface area contributed by atoms with Gasteiger partial charge in [-0.3, -0.25) is 14.4 Å². The van der Waals surface area contributed by atoms with Crippen LogP contribution in [0, 0.1) is 17.3 Å². The molecular formula is C24H32O10. The highest BCUT2D eigenvalue weighted by molar-refractivity contribution is 5.91. The molecule has 0 radical (unpaired) electrons. The molecule has 34 heavy (non-hydrogen) atoms. The van der Waals surface area contributed by atoms with Gasteiger partial charge in [0.25, 0.3) is 0 Å². The minimum absolute atomic E-state index is 0.0105. The van der Waals surface area contributed by atoms with Gasteiger partial charge in [0.2, 0.25) is 12.6 Å². The summed E-state index contributed by atoms with van der Waals surface area (Å²) in [4.78, 5) is 48.0. The van der Waals surface area contributed by atoms with Gasteiger partial charge >= 0.3 is 23.9 Å². The van der Waals surface area contributed by atoms with E-state index in [2.05, 4.69) is 13.8 Å². The molecule has 188 valence electrons. The van der Waals surface area contributed by atoms with Gasteiger partial charge in [0.15, 0.2) is 12.4 Å². The summed E-state index contributed by atoms with van der Waals surface area (Å²) >= 11 is 0. The number of esters is 4. The standard InChI is InChI=1S/C24H32O10/c1-12(25)29-18-17-16-15(7-10-24(34-14(3)27)9-6-8-23(4,5)11-24)19(28)31-20(16)32-21(17)33-22(18)30-13(2)26/h7,16-18,20-22H,6,8-11H2,1-5H3/b15-7-/t16-,17-,18-,20+,21-,22-,24+/m0/s1. The number of hydrogen-bond donors (Lipinski definition) is 0. The number of carbonyl (C=O) groups excluding carboxylic acids is 4. The zero-order valence-electron chi connectivity index (χ0n) is 20.2. The van der Waals surface area contributed by atoms with E-state index < -0.39 is 60.3 Å². The molecule has 4 aliphatic rings. The number of fused-ring (bicyclic) bond motifs is 3. The van der Waals surface area contributed by atoms with E-state index in [1.54, 1.807) is 6.08 Å². The van der Waals surface area contributed by atoms with Crippen LogP contribution < -0.4 is 0 Å². The molecule has 1 saturated carbocycles. The zero-order chi connectivity index (χ0) is 24.8. The lowest BCUT2D eigenvalue weighted by atomic mass is 9.68.